The van der Waals surface area contributed by atoms with Gasteiger partial charge in [-0.2, -0.15) is 0 Å². The molecular formula is C16H22ClNO3. The Kier molecular flexibility index (Phi) is 5.12. The Labute approximate surface area is 130 Å². The van der Waals surface area contributed by atoms with Crippen LogP contribution >= 0.6 is 11.6 Å². The summed E-state index contributed by atoms with van der Waals surface area (Å²) in [5.74, 6) is -0.111. The lowest BCUT2D eigenvalue weighted by Gasteiger charge is -2.43. The average Bonchev–Trinajstić information content (AvgIpc) is 2.39. The topological polar surface area (TPSA) is 49.8 Å². The second-order valence-electron chi connectivity index (χ2n) is 6.15. The number of nitrogens with zero attached hydrogens (tertiary/aromatic N) is 1. The van der Waals surface area contributed by atoms with Gasteiger partial charge in [0.2, 0.25) is 0 Å². The molecule has 1 heterocycles. The SMILES string of the molecule is CC1(C)CCCN(CCOc2ccccc2Cl)C1C(=O)O. The van der Waals surface area contributed by atoms with Crippen molar-refractivity contribution >= 4 is 17.6 Å². The van der Waals surface area contributed by atoms with Crippen LogP contribution in [0.5, 0.6) is 5.75 Å². The van der Waals surface area contributed by atoms with Gasteiger partial charge in [-0.25, -0.2) is 0 Å². The number of carboxylic acid groups (broad SMARTS) is 1. The van der Waals surface area contributed by atoms with Gasteiger partial charge in [-0.15, -0.1) is 0 Å². The van der Waals surface area contributed by atoms with Gasteiger partial charge >= 0.3 is 5.97 Å². The first-order chi connectivity index (χ1) is 9.92. The minimum Gasteiger partial charge on any atom is -0.491 e. The molecule has 1 N–H and O–H groups in total. The molecule has 1 aliphatic rings. The Morgan fingerprint density at radius 2 is 2.19 bits per heavy atom. The maximum Gasteiger partial charge on any atom is 0.321 e. The number of halogens is 1. The minimum absolute atomic E-state index is 0.214. The van der Waals surface area contributed by atoms with E-state index in [-0.39, 0.29) is 5.41 Å². The molecule has 0 spiro atoms. The molecule has 2 rings (SSSR count). The van der Waals surface area contributed by atoms with E-state index in [4.69, 9.17) is 16.3 Å². The molecular weight excluding hydrogens is 290 g/mol. The van der Waals surface area contributed by atoms with Crippen molar-refractivity contribution in [2.45, 2.75) is 32.7 Å². The van der Waals surface area contributed by atoms with E-state index in [2.05, 4.69) is 0 Å². The summed E-state index contributed by atoms with van der Waals surface area (Å²) in [6, 6.07) is 6.85. The highest BCUT2D eigenvalue weighted by Crippen LogP contribution is 2.35. The van der Waals surface area contributed by atoms with Gasteiger partial charge in [0, 0.05) is 6.54 Å². The normalized spacial score (nSPS) is 22.0. The fourth-order valence-corrected chi connectivity index (χ4v) is 3.25. The lowest BCUT2D eigenvalue weighted by atomic mass is 9.76. The molecule has 0 aromatic heterocycles. The third kappa shape index (κ3) is 3.89. The second kappa shape index (κ2) is 6.67. The number of piperidine rings is 1. The number of para-hydroxylation sites is 1. The van der Waals surface area contributed by atoms with E-state index < -0.39 is 12.0 Å². The summed E-state index contributed by atoms with van der Waals surface area (Å²) in [7, 11) is 0. The molecule has 116 valence electrons. The molecule has 0 bridgehead atoms. The monoisotopic (exact) mass is 311 g/mol. The summed E-state index contributed by atoms with van der Waals surface area (Å²) in [5, 5.41) is 10.1. The maximum atomic E-state index is 11.6. The van der Waals surface area contributed by atoms with E-state index in [0.29, 0.717) is 23.9 Å². The predicted molar refractivity (Wildman–Crippen MR) is 83.0 cm³/mol. The maximum absolute atomic E-state index is 11.6. The quantitative estimate of drug-likeness (QED) is 0.906. The highest BCUT2D eigenvalue weighted by molar-refractivity contribution is 6.32. The minimum atomic E-state index is -0.752. The van der Waals surface area contributed by atoms with Crippen LogP contribution in [0.4, 0.5) is 0 Å². The number of carboxylic acids is 1. The number of carbonyl (C=O) groups is 1. The molecule has 1 aliphatic heterocycles. The van der Waals surface area contributed by atoms with Crippen molar-refractivity contribution in [3.63, 3.8) is 0 Å². The van der Waals surface area contributed by atoms with Crippen molar-refractivity contribution < 1.29 is 14.6 Å². The smallest absolute Gasteiger partial charge is 0.321 e. The summed E-state index contributed by atoms with van der Waals surface area (Å²) in [5.41, 5.74) is -0.214. The fourth-order valence-electron chi connectivity index (χ4n) is 3.06. The standard InChI is InChI=1S/C16H22ClNO3/c1-16(2)8-5-9-18(14(16)15(19)20)10-11-21-13-7-4-3-6-12(13)17/h3-4,6-7,14H,5,8-11H2,1-2H3,(H,19,20). The fraction of sp³-hybridized carbons (Fsp3) is 0.562. The van der Waals surface area contributed by atoms with Crippen LogP contribution in [-0.2, 0) is 4.79 Å². The molecule has 1 aromatic rings. The largest absolute Gasteiger partial charge is 0.491 e. The zero-order valence-corrected chi connectivity index (χ0v) is 13.3. The summed E-state index contributed by atoms with van der Waals surface area (Å²) in [6.45, 7) is 5.86. The molecule has 5 heteroatoms. The Bertz CT molecular complexity index is 504. The van der Waals surface area contributed by atoms with Crippen LogP contribution in [0, 0.1) is 5.41 Å². The van der Waals surface area contributed by atoms with Gasteiger partial charge in [0.15, 0.2) is 0 Å². The van der Waals surface area contributed by atoms with Crippen molar-refractivity contribution in [2.75, 3.05) is 19.7 Å². The number of benzene rings is 1. The number of likely N-dealkylation sites (tertiary alicyclic amines) is 1. The van der Waals surface area contributed by atoms with Gasteiger partial charge in [-0.3, -0.25) is 9.69 Å². The van der Waals surface area contributed by atoms with Crippen LogP contribution in [0.2, 0.25) is 5.02 Å². The van der Waals surface area contributed by atoms with E-state index >= 15 is 0 Å². The van der Waals surface area contributed by atoms with Crippen LogP contribution < -0.4 is 4.74 Å². The van der Waals surface area contributed by atoms with Gasteiger partial charge in [0.25, 0.3) is 0 Å². The molecule has 1 fully saturated rings. The third-order valence-corrected chi connectivity index (χ3v) is 4.39. The van der Waals surface area contributed by atoms with Crippen LogP contribution in [-0.4, -0.2) is 41.7 Å². The number of hydrogen-bond acceptors (Lipinski definition) is 3. The lowest BCUT2D eigenvalue weighted by molar-refractivity contribution is -0.150. The van der Waals surface area contributed by atoms with Crippen molar-refractivity contribution in [3.8, 4) is 5.75 Å². The molecule has 4 nitrogen and oxygen atoms in total. The number of rotatable bonds is 5. The van der Waals surface area contributed by atoms with Crippen molar-refractivity contribution in [1.82, 2.24) is 4.90 Å². The van der Waals surface area contributed by atoms with Crippen LogP contribution in [0.25, 0.3) is 0 Å². The highest BCUT2D eigenvalue weighted by atomic mass is 35.5. The Morgan fingerprint density at radius 3 is 2.86 bits per heavy atom. The van der Waals surface area contributed by atoms with E-state index in [0.717, 1.165) is 19.4 Å². The van der Waals surface area contributed by atoms with Crippen molar-refractivity contribution in [2.24, 2.45) is 5.41 Å². The Morgan fingerprint density at radius 1 is 1.48 bits per heavy atom. The van der Waals surface area contributed by atoms with E-state index in [1.54, 1.807) is 6.07 Å². The summed E-state index contributed by atoms with van der Waals surface area (Å²) < 4.78 is 5.67. The zero-order chi connectivity index (χ0) is 15.5. The summed E-state index contributed by atoms with van der Waals surface area (Å²) >= 11 is 6.04. The zero-order valence-electron chi connectivity index (χ0n) is 12.5. The highest BCUT2D eigenvalue weighted by Gasteiger charge is 2.42. The molecule has 0 amide bonds. The number of aliphatic carboxylic acids is 1. The van der Waals surface area contributed by atoms with E-state index in [1.165, 1.54) is 0 Å². The first-order valence-electron chi connectivity index (χ1n) is 7.26. The first kappa shape index (κ1) is 16.1. The van der Waals surface area contributed by atoms with Gasteiger partial charge in [0.05, 0.1) is 5.02 Å². The number of ether oxygens (including phenoxy) is 1. The van der Waals surface area contributed by atoms with Crippen LogP contribution in [0.3, 0.4) is 0 Å². The van der Waals surface area contributed by atoms with E-state index in [1.807, 2.05) is 36.9 Å². The van der Waals surface area contributed by atoms with Gasteiger partial charge in [-0.05, 0) is 36.9 Å². The van der Waals surface area contributed by atoms with Crippen LogP contribution in [0.15, 0.2) is 24.3 Å². The molecule has 1 saturated heterocycles. The molecule has 1 atom stereocenters. The van der Waals surface area contributed by atoms with Crippen molar-refractivity contribution in [1.29, 1.82) is 0 Å². The summed E-state index contributed by atoms with van der Waals surface area (Å²) in [6.07, 6.45) is 1.95. The number of hydrogen-bond donors (Lipinski definition) is 1. The van der Waals surface area contributed by atoms with Crippen LogP contribution in [0.1, 0.15) is 26.7 Å². The molecule has 21 heavy (non-hydrogen) atoms. The Hall–Kier alpha value is -1.26. The lowest BCUT2D eigenvalue weighted by Crippen LogP contribution is -2.55. The van der Waals surface area contributed by atoms with Gasteiger partial charge in [-0.1, -0.05) is 37.6 Å². The molecule has 1 aromatic carbocycles. The third-order valence-electron chi connectivity index (χ3n) is 4.08. The predicted octanol–water partition coefficient (Wildman–Crippen LogP) is 3.29. The molecule has 0 saturated carbocycles. The van der Waals surface area contributed by atoms with Gasteiger partial charge < -0.3 is 9.84 Å². The second-order valence-corrected chi connectivity index (χ2v) is 6.55. The van der Waals surface area contributed by atoms with Gasteiger partial charge in [0.1, 0.15) is 18.4 Å². The van der Waals surface area contributed by atoms with E-state index in [9.17, 15) is 9.90 Å². The molecule has 0 radical (unpaired) electrons. The summed E-state index contributed by atoms with van der Waals surface area (Å²) in [4.78, 5) is 13.6. The first-order valence-corrected chi connectivity index (χ1v) is 7.64. The van der Waals surface area contributed by atoms with Crippen molar-refractivity contribution in [3.05, 3.63) is 29.3 Å². The Balaban J connectivity index is 1.95. The molecule has 1 unspecified atom stereocenters. The molecule has 0 aliphatic carbocycles. The average molecular weight is 312 g/mol.